The van der Waals surface area contributed by atoms with Crippen LogP contribution in [0.25, 0.3) is 0 Å². The van der Waals surface area contributed by atoms with Crippen molar-refractivity contribution in [1.82, 2.24) is 0 Å². The van der Waals surface area contributed by atoms with Gasteiger partial charge in [0.1, 0.15) is 5.82 Å². The molecule has 2 unspecified atom stereocenters. The van der Waals surface area contributed by atoms with Gasteiger partial charge in [0.15, 0.2) is 0 Å². The van der Waals surface area contributed by atoms with Crippen molar-refractivity contribution in [2.45, 2.75) is 25.5 Å². The number of carbonyl (C=O) groups excluding carboxylic acids is 1. The fourth-order valence-electron chi connectivity index (χ4n) is 2.04. The number of hydrogen-bond acceptors (Lipinski definition) is 4. The molecule has 1 N–H and O–H groups in total. The molecule has 1 saturated heterocycles. The highest BCUT2D eigenvalue weighted by Gasteiger charge is 2.25. The summed E-state index contributed by atoms with van der Waals surface area (Å²) in [5, 5.41) is 3.21. The molecule has 0 spiro atoms. The van der Waals surface area contributed by atoms with Crippen LogP contribution in [0.1, 0.15) is 23.7 Å². The molecule has 5 heteroatoms. The average molecular weight is 253 g/mol. The SMILES string of the molecule is COC(=O)c1cc(F)ccc1NC1CCOC1C. The van der Waals surface area contributed by atoms with Crippen molar-refractivity contribution in [2.75, 3.05) is 19.0 Å². The molecule has 1 aliphatic heterocycles. The Kier molecular flexibility index (Phi) is 3.81. The van der Waals surface area contributed by atoms with E-state index in [1.165, 1.54) is 19.2 Å². The van der Waals surface area contributed by atoms with E-state index >= 15 is 0 Å². The molecule has 4 nitrogen and oxygen atoms in total. The van der Waals surface area contributed by atoms with Crippen molar-refractivity contribution in [1.29, 1.82) is 0 Å². The van der Waals surface area contributed by atoms with Gasteiger partial charge in [-0.1, -0.05) is 0 Å². The van der Waals surface area contributed by atoms with Crippen molar-refractivity contribution < 1.29 is 18.7 Å². The molecule has 0 amide bonds. The van der Waals surface area contributed by atoms with Gasteiger partial charge in [0.05, 0.1) is 24.8 Å². The fourth-order valence-corrected chi connectivity index (χ4v) is 2.04. The molecule has 1 aromatic rings. The molecule has 98 valence electrons. The Morgan fingerprint density at radius 2 is 2.33 bits per heavy atom. The number of carbonyl (C=O) groups is 1. The molecular weight excluding hydrogens is 237 g/mol. The molecule has 18 heavy (non-hydrogen) atoms. The molecular formula is C13H16FNO3. The zero-order valence-electron chi connectivity index (χ0n) is 10.4. The highest BCUT2D eigenvalue weighted by atomic mass is 19.1. The summed E-state index contributed by atoms with van der Waals surface area (Å²) in [6.45, 7) is 2.65. The third kappa shape index (κ3) is 2.61. The molecule has 1 heterocycles. The van der Waals surface area contributed by atoms with Crippen molar-refractivity contribution in [3.05, 3.63) is 29.6 Å². The second-order valence-electron chi connectivity index (χ2n) is 4.30. The molecule has 1 aromatic carbocycles. The first kappa shape index (κ1) is 12.8. The lowest BCUT2D eigenvalue weighted by molar-refractivity contribution is 0.0601. The third-order valence-electron chi connectivity index (χ3n) is 3.10. The van der Waals surface area contributed by atoms with Crippen LogP contribution in [0.5, 0.6) is 0 Å². The lowest BCUT2D eigenvalue weighted by Crippen LogP contribution is -2.27. The van der Waals surface area contributed by atoms with E-state index in [-0.39, 0.29) is 17.7 Å². The van der Waals surface area contributed by atoms with Gasteiger partial charge in [0.2, 0.25) is 0 Å². The van der Waals surface area contributed by atoms with Gasteiger partial charge in [-0.2, -0.15) is 0 Å². The summed E-state index contributed by atoms with van der Waals surface area (Å²) in [4.78, 5) is 11.6. The van der Waals surface area contributed by atoms with Gasteiger partial charge in [0.25, 0.3) is 0 Å². The fraction of sp³-hybridized carbons (Fsp3) is 0.462. The predicted molar refractivity (Wildman–Crippen MR) is 65.2 cm³/mol. The second-order valence-corrected chi connectivity index (χ2v) is 4.30. The van der Waals surface area contributed by atoms with Crippen molar-refractivity contribution in [3.8, 4) is 0 Å². The molecule has 0 radical (unpaired) electrons. The monoisotopic (exact) mass is 253 g/mol. The van der Waals surface area contributed by atoms with Gasteiger partial charge in [-0.25, -0.2) is 9.18 Å². The normalized spacial score (nSPS) is 22.8. The zero-order valence-corrected chi connectivity index (χ0v) is 10.4. The lowest BCUT2D eigenvalue weighted by Gasteiger charge is -2.19. The minimum atomic E-state index is -0.552. The molecule has 0 saturated carbocycles. The number of nitrogens with one attached hydrogen (secondary N) is 1. The minimum absolute atomic E-state index is 0.0700. The van der Waals surface area contributed by atoms with Crippen LogP contribution >= 0.6 is 0 Å². The van der Waals surface area contributed by atoms with Gasteiger partial charge >= 0.3 is 5.97 Å². The van der Waals surface area contributed by atoms with E-state index in [0.717, 1.165) is 6.42 Å². The number of rotatable bonds is 3. The van der Waals surface area contributed by atoms with Crippen molar-refractivity contribution in [2.24, 2.45) is 0 Å². The predicted octanol–water partition coefficient (Wildman–Crippen LogP) is 2.20. The summed E-state index contributed by atoms with van der Waals surface area (Å²) in [5.41, 5.74) is 0.780. The minimum Gasteiger partial charge on any atom is -0.465 e. The van der Waals surface area contributed by atoms with E-state index in [1.807, 2.05) is 6.92 Å². The van der Waals surface area contributed by atoms with Crippen LogP contribution in [0.2, 0.25) is 0 Å². The molecule has 0 bridgehead atoms. The largest absolute Gasteiger partial charge is 0.465 e. The highest BCUT2D eigenvalue weighted by molar-refractivity contribution is 5.95. The Bertz CT molecular complexity index is 450. The smallest absolute Gasteiger partial charge is 0.340 e. The van der Waals surface area contributed by atoms with Crippen LogP contribution in [-0.4, -0.2) is 31.8 Å². The Balaban J connectivity index is 2.23. The number of esters is 1. The first-order valence-corrected chi connectivity index (χ1v) is 5.88. The Hall–Kier alpha value is -1.62. The Labute approximate surface area is 105 Å². The highest BCUT2D eigenvalue weighted by Crippen LogP contribution is 2.23. The van der Waals surface area contributed by atoms with E-state index in [2.05, 4.69) is 10.1 Å². The zero-order chi connectivity index (χ0) is 13.1. The van der Waals surface area contributed by atoms with Crippen molar-refractivity contribution >= 4 is 11.7 Å². The molecule has 0 aliphatic carbocycles. The van der Waals surface area contributed by atoms with E-state index in [4.69, 9.17) is 4.74 Å². The van der Waals surface area contributed by atoms with Gasteiger partial charge < -0.3 is 14.8 Å². The van der Waals surface area contributed by atoms with Gasteiger partial charge in [0, 0.05) is 12.3 Å². The molecule has 1 fully saturated rings. The first-order chi connectivity index (χ1) is 8.61. The summed E-state index contributed by atoms with van der Waals surface area (Å²) in [6.07, 6.45) is 0.930. The molecule has 2 rings (SSSR count). The molecule has 2 atom stereocenters. The van der Waals surface area contributed by atoms with Crippen LogP contribution < -0.4 is 5.32 Å². The molecule has 1 aliphatic rings. The summed E-state index contributed by atoms with van der Waals surface area (Å²) >= 11 is 0. The number of halogens is 1. The van der Waals surface area contributed by atoms with Crippen LogP contribution in [0.4, 0.5) is 10.1 Å². The van der Waals surface area contributed by atoms with E-state index in [0.29, 0.717) is 12.3 Å². The number of ether oxygens (including phenoxy) is 2. The number of benzene rings is 1. The summed E-state index contributed by atoms with van der Waals surface area (Å²) in [7, 11) is 1.28. The summed E-state index contributed by atoms with van der Waals surface area (Å²) < 4.78 is 23.3. The van der Waals surface area contributed by atoms with E-state index in [9.17, 15) is 9.18 Å². The van der Waals surface area contributed by atoms with Gasteiger partial charge in [-0.05, 0) is 31.5 Å². The van der Waals surface area contributed by atoms with E-state index in [1.54, 1.807) is 6.07 Å². The quantitative estimate of drug-likeness (QED) is 0.839. The van der Waals surface area contributed by atoms with Crippen LogP contribution in [-0.2, 0) is 9.47 Å². The second kappa shape index (κ2) is 5.35. The topological polar surface area (TPSA) is 47.6 Å². The lowest BCUT2D eigenvalue weighted by atomic mass is 10.1. The number of anilines is 1. The standard InChI is InChI=1S/C13H16FNO3/c1-8-11(5-6-18-8)15-12-4-3-9(14)7-10(12)13(16)17-2/h3-4,7-8,11,15H,5-6H2,1-2H3. The average Bonchev–Trinajstić information content (AvgIpc) is 2.76. The Morgan fingerprint density at radius 1 is 1.56 bits per heavy atom. The number of hydrogen-bond donors (Lipinski definition) is 1. The first-order valence-electron chi connectivity index (χ1n) is 5.88. The van der Waals surface area contributed by atoms with Gasteiger partial charge in [-0.3, -0.25) is 0 Å². The maximum Gasteiger partial charge on any atom is 0.340 e. The van der Waals surface area contributed by atoms with Gasteiger partial charge in [-0.15, -0.1) is 0 Å². The van der Waals surface area contributed by atoms with Crippen molar-refractivity contribution in [3.63, 3.8) is 0 Å². The third-order valence-corrected chi connectivity index (χ3v) is 3.10. The maximum absolute atomic E-state index is 13.2. The summed E-state index contributed by atoms with van der Waals surface area (Å²) in [5.74, 6) is -1.01. The molecule has 0 aromatic heterocycles. The Morgan fingerprint density at radius 3 is 2.94 bits per heavy atom. The van der Waals surface area contributed by atoms with Crippen LogP contribution in [0.3, 0.4) is 0 Å². The van der Waals surface area contributed by atoms with E-state index < -0.39 is 11.8 Å². The van der Waals surface area contributed by atoms with Crippen LogP contribution in [0, 0.1) is 5.82 Å². The maximum atomic E-state index is 13.2. The van der Waals surface area contributed by atoms with Crippen LogP contribution in [0.15, 0.2) is 18.2 Å². The summed E-state index contributed by atoms with van der Waals surface area (Å²) in [6, 6.07) is 4.16. The number of methoxy groups -OCH3 is 1.